The van der Waals surface area contributed by atoms with Crippen LogP contribution in [0.5, 0.6) is 0 Å². The predicted molar refractivity (Wildman–Crippen MR) is 64.9 cm³/mol. The van der Waals surface area contributed by atoms with Gasteiger partial charge in [0.05, 0.1) is 12.7 Å². The fourth-order valence-electron chi connectivity index (χ4n) is 2.32. The second-order valence-electron chi connectivity index (χ2n) is 4.70. The molecule has 2 rings (SSSR count). The van der Waals surface area contributed by atoms with Crippen LogP contribution in [-0.4, -0.2) is 11.1 Å². The molecule has 88 valence electrons. The molecule has 1 aromatic heterocycles. The third-order valence-electron chi connectivity index (χ3n) is 3.34. The van der Waals surface area contributed by atoms with Crippen LogP contribution in [0.25, 0.3) is 0 Å². The number of nitrogen functional groups attached to an aromatic ring is 1. The minimum atomic E-state index is 0.420. The van der Waals surface area contributed by atoms with Crippen molar-refractivity contribution in [3.8, 4) is 0 Å². The molecule has 3 heteroatoms. The fourth-order valence-corrected chi connectivity index (χ4v) is 2.32. The Bertz CT molecular complexity index is 340. The highest BCUT2D eigenvalue weighted by molar-refractivity contribution is 5.31. The quantitative estimate of drug-likeness (QED) is 0.852. The Morgan fingerprint density at radius 2 is 2.25 bits per heavy atom. The van der Waals surface area contributed by atoms with Crippen molar-refractivity contribution in [1.82, 2.24) is 4.98 Å². The summed E-state index contributed by atoms with van der Waals surface area (Å²) >= 11 is 0. The Morgan fingerprint density at radius 1 is 1.44 bits per heavy atom. The first-order valence-corrected chi connectivity index (χ1v) is 6.07. The maximum Gasteiger partial charge on any atom is 0.123 e. The van der Waals surface area contributed by atoms with Crippen LogP contribution in [0.15, 0.2) is 18.3 Å². The number of pyridine rings is 1. The first-order chi connectivity index (χ1) is 7.75. The monoisotopic (exact) mass is 220 g/mol. The van der Waals surface area contributed by atoms with Gasteiger partial charge in [-0.1, -0.05) is 19.8 Å². The highest BCUT2D eigenvalue weighted by atomic mass is 16.5. The molecule has 0 spiro atoms. The lowest BCUT2D eigenvalue weighted by Crippen LogP contribution is -2.25. The molecular formula is C13H20N2O. The summed E-state index contributed by atoms with van der Waals surface area (Å²) in [5.74, 6) is 1.26. The van der Waals surface area contributed by atoms with Crippen LogP contribution in [0.3, 0.4) is 0 Å². The van der Waals surface area contributed by atoms with E-state index in [1.165, 1.54) is 25.7 Å². The van der Waals surface area contributed by atoms with Crippen LogP contribution in [0.2, 0.25) is 0 Å². The second-order valence-corrected chi connectivity index (χ2v) is 4.70. The van der Waals surface area contributed by atoms with Gasteiger partial charge in [0.25, 0.3) is 0 Å². The summed E-state index contributed by atoms with van der Waals surface area (Å²) in [5, 5.41) is 0. The number of hydrogen-bond donors (Lipinski definition) is 1. The van der Waals surface area contributed by atoms with E-state index in [-0.39, 0.29) is 0 Å². The largest absolute Gasteiger partial charge is 0.384 e. The van der Waals surface area contributed by atoms with Gasteiger partial charge in [0, 0.05) is 6.20 Å². The van der Waals surface area contributed by atoms with Crippen molar-refractivity contribution in [2.75, 3.05) is 5.73 Å². The number of rotatable bonds is 3. The maximum atomic E-state index is 5.95. The van der Waals surface area contributed by atoms with E-state index in [9.17, 15) is 0 Å². The number of hydrogen-bond acceptors (Lipinski definition) is 3. The molecule has 1 heterocycles. The van der Waals surface area contributed by atoms with Crippen molar-refractivity contribution >= 4 is 5.82 Å². The van der Waals surface area contributed by atoms with Crippen molar-refractivity contribution in [1.29, 1.82) is 0 Å². The summed E-state index contributed by atoms with van der Waals surface area (Å²) in [4.78, 5) is 3.97. The first-order valence-electron chi connectivity index (χ1n) is 6.07. The molecule has 1 aromatic rings. The highest BCUT2D eigenvalue weighted by Crippen LogP contribution is 2.27. The number of nitrogens with two attached hydrogens (primary N) is 1. The Labute approximate surface area is 97.0 Å². The number of nitrogens with zero attached hydrogens (tertiary/aromatic N) is 1. The van der Waals surface area contributed by atoms with Gasteiger partial charge in [-0.3, -0.25) is 0 Å². The van der Waals surface area contributed by atoms with Crippen molar-refractivity contribution in [2.45, 2.75) is 45.3 Å². The molecule has 0 amide bonds. The van der Waals surface area contributed by atoms with Gasteiger partial charge in [-0.15, -0.1) is 0 Å². The van der Waals surface area contributed by atoms with Gasteiger partial charge in [0.15, 0.2) is 0 Å². The van der Waals surface area contributed by atoms with Gasteiger partial charge >= 0.3 is 0 Å². The molecule has 2 N–H and O–H groups in total. The molecule has 0 radical (unpaired) electrons. The summed E-state index contributed by atoms with van der Waals surface area (Å²) in [6, 6.07) is 3.84. The van der Waals surface area contributed by atoms with Crippen LogP contribution >= 0.6 is 0 Å². The van der Waals surface area contributed by atoms with Gasteiger partial charge < -0.3 is 10.5 Å². The van der Waals surface area contributed by atoms with E-state index in [4.69, 9.17) is 10.5 Å². The van der Waals surface area contributed by atoms with E-state index < -0.39 is 0 Å². The molecule has 0 aliphatic heterocycles. The number of anilines is 1. The third kappa shape index (κ3) is 2.95. The zero-order chi connectivity index (χ0) is 11.4. The molecule has 0 saturated heterocycles. The highest BCUT2D eigenvalue weighted by Gasteiger charge is 2.21. The minimum absolute atomic E-state index is 0.420. The Balaban J connectivity index is 1.86. The molecular weight excluding hydrogens is 200 g/mol. The summed E-state index contributed by atoms with van der Waals surface area (Å²) in [7, 11) is 0. The molecule has 3 nitrogen and oxygen atoms in total. The van der Waals surface area contributed by atoms with Gasteiger partial charge in [-0.25, -0.2) is 4.98 Å². The van der Waals surface area contributed by atoms with Crippen molar-refractivity contribution in [3.63, 3.8) is 0 Å². The zero-order valence-electron chi connectivity index (χ0n) is 9.86. The molecule has 1 aliphatic carbocycles. The van der Waals surface area contributed by atoms with E-state index in [2.05, 4.69) is 11.9 Å². The van der Waals surface area contributed by atoms with Crippen molar-refractivity contribution in [3.05, 3.63) is 23.9 Å². The lowest BCUT2D eigenvalue weighted by atomic mass is 9.88. The predicted octanol–water partition coefficient (Wildman–Crippen LogP) is 2.76. The van der Waals surface area contributed by atoms with Crippen molar-refractivity contribution in [2.24, 2.45) is 5.92 Å². The van der Waals surface area contributed by atoms with Crippen LogP contribution in [-0.2, 0) is 11.3 Å². The van der Waals surface area contributed by atoms with E-state index in [0.717, 1.165) is 5.56 Å². The summed E-state index contributed by atoms with van der Waals surface area (Å²) in [6.45, 7) is 2.94. The second kappa shape index (κ2) is 5.30. The zero-order valence-corrected chi connectivity index (χ0v) is 9.86. The van der Waals surface area contributed by atoms with Gasteiger partial charge in [0.1, 0.15) is 5.82 Å². The number of ether oxygens (including phenoxy) is 1. The molecule has 1 fully saturated rings. The molecule has 0 bridgehead atoms. The van der Waals surface area contributed by atoms with Gasteiger partial charge in [-0.2, -0.15) is 0 Å². The SMILES string of the molecule is CC1CCCCC1OCc1ccnc(N)c1. The van der Waals surface area contributed by atoms with Crippen LogP contribution in [0, 0.1) is 5.92 Å². The Kier molecular flexibility index (Phi) is 3.78. The molecule has 2 atom stereocenters. The topological polar surface area (TPSA) is 48.1 Å². The van der Waals surface area contributed by atoms with E-state index in [1.54, 1.807) is 6.20 Å². The molecule has 2 unspecified atom stereocenters. The normalized spacial score (nSPS) is 25.6. The lowest BCUT2D eigenvalue weighted by Gasteiger charge is -2.28. The molecule has 0 aromatic carbocycles. The molecule has 16 heavy (non-hydrogen) atoms. The standard InChI is InChI=1S/C13H20N2O/c1-10-4-2-3-5-12(10)16-9-11-6-7-15-13(14)8-11/h6-8,10,12H,2-5,9H2,1H3,(H2,14,15). The molecule has 1 aliphatic rings. The van der Waals surface area contributed by atoms with E-state index in [1.807, 2.05) is 12.1 Å². The maximum absolute atomic E-state index is 5.95. The van der Waals surface area contributed by atoms with Gasteiger partial charge in [0.2, 0.25) is 0 Å². The summed E-state index contributed by atoms with van der Waals surface area (Å²) < 4.78 is 5.95. The fraction of sp³-hybridized carbons (Fsp3) is 0.615. The average molecular weight is 220 g/mol. The smallest absolute Gasteiger partial charge is 0.123 e. The molecule has 1 saturated carbocycles. The third-order valence-corrected chi connectivity index (χ3v) is 3.34. The average Bonchev–Trinajstić information content (AvgIpc) is 2.28. The Hall–Kier alpha value is -1.09. The minimum Gasteiger partial charge on any atom is -0.384 e. The van der Waals surface area contributed by atoms with E-state index in [0.29, 0.717) is 24.4 Å². The lowest BCUT2D eigenvalue weighted by molar-refractivity contribution is -0.0154. The van der Waals surface area contributed by atoms with E-state index >= 15 is 0 Å². The first kappa shape index (κ1) is 11.4. The van der Waals surface area contributed by atoms with Crippen LogP contribution in [0.4, 0.5) is 5.82 Å². The summed E-state index contributed by atoms with van der Waals surface area (Å²) in [6.07, 6.45) is 7.29. The van der Waals surface area contributed by atoms with Crippen LogP contribution < -0.4 is 5.73 Å². The summed E-state index contributed by atoms with van der Waals surface area (Å²) in [5.41, 5.74) is 6.74. The van der Waals surface area contributed by atoms with Gasteiger partial charge in [-0.05, 0) is 36.5 Å². The van der Waals surface area contributed by atoms with Crippen molar-refractivity contribution < 1.29 is 4.74 Å². The number of aromatic nitrogens is 1. The Morgan fingerprint density at radius 3 is 3.00 bits per heavy atom. The van der Waals surface area contributed by atoms with Crippen LogP contribution in [0.1, 0.15) is 38.2 Å².